The number of sulfonamides is 1. The molecule has 0 aliphatic carbocycles. The second kappa shape index (κ2) is 4.67. The molecule has 0 fully saturated rings. The van der Waals surface area contributed by atoms with Gasteiger partial charge in [0, 0.05) is 20.3 Å². The van der Waals surface area contributed by atoms with E-state index < -0.39 is 10.0 Å². The zero-order valence-corrected chi connectivity index (χ0v) is 11.8. The number of benzene rings is 1. The second-order valence-corrected chi connectivity index (χ2v) is 6.62. The predicted molar refractivity (Wildman–Crippen MR) is 73.6 cm³/mol. The third kappa shape index (κ3) is 2.47. The zero-order valence-electron chi connectivity index (χ0n) is 11.0. The first-order chi connectivity index (χ1) is 8.82. The van der Waals surface area contributed by atoms with E-state index in [1.807, 2.05) is 13.1 Å². The number of anilines is 1. The molecule has 0 amide bonds. The van der Waals surface area contributed by atoms with Gasteiger partial charge in [-0.25, -0.2) is 17.4 Å². The number of aryl methyl sites for hydroxylation is 1. The summed E-state index contributed by atoms with van der Waals surface area (Å²) in [6, 6.07) is 4.62. The molecule has 0 aliphatic rings. The molecule has 0 saturated heterocycles. The minimum Gasteiger partial charge on any atom is -0.397 e. The van der Waals surface area contributed by atoms with Gasteiger partial charge in [0.15, 0.2) is 0 Å². The van der Waals surface area contributed by atoms with Gasteiger partial charge in [-0.05, 0) is 30.7 Å². The lowest BCUT2D eigenvalue weighted by molar-refractivity contribution is 0.521. The Morgan fingerprint density at radius 2 is 2.00 bits per heavy atom. The summed E-state index contributed by atoms with van der Waals surface area (Å²) in [7, 11) is -0.505. The van der Waals surface area contributed by atoms with Gasteiger partial charge in [0.2, 0.25) is 10.0 Å². The smallest absolute Gasteiger partial charge is 0.242 e. The molecule has 0 atom stereocenters. The first-order valence-electron chi connectivity index (χ1n) is 5.66. The van der Waals surface area contributed by atoms with Crippen molar-refractivity contribution in [2.75, 3.05) is 19.8 Å². The maximum absolute atomic E-state index is 12.0. The van der Waals surface area contributed by atoms with Crippen molar-refractivity contribution in [2.45, 2.75) is 11.8 Å². The molecule has 0 aliphatic heterocycles. The average molecular weight is 280 g/mol. The van der Waals surface area contributed by atoms with Crippen LogP contribution in [0.25, 0.3) is 5.69 Å². The number of aromatic nitrogens is 2. The van der Waals surface area contributed by atoms with Crippen molar-refractivity contribution in [1.82, 2.24) is 14.1 Å². The van der Waals surface area contributed by atoms with Gasteiger partial charge in [0.05, 0.1) is 22.5 Å². The molecule has 0 spiro atoms. The standard InChI is InChI=1S/C12H16N4O2S/c1-9-7-14-16(8-9)12-5-4-10(6-11(12)13)19(17,18)15(2)3/h4-8H,13H2,1-3H3. The second-order valence-electron chi connectivity index (χ2n) is 4.47. The van der Waals surface area contributed by atoms with Crippen molar-refractivity contribution < 1.29 is 8.42 Å². The van der Waals surface area contributed by atoms with E-state index in [-0.39, 0.29) is 4.90 Å². The van der Waals surface area contributed by atoms with Crippen LogP contribution in [0.15, 0.2) is 35.5 Å². The SMILES string of the molecule is Cc1cnn(-c2ccc(S(=O)(=O)N(C)C)cc2N)c1. The molecule has 19 heavy (non-hydrogen) atoms. The van der Waals surface area contributed by atoms with Crippen molar-refractivity contribution in [3.05, 3.63) is 36.2 Å². The van der Waals surface area contributed by atoms with E-state index in [9.17, 15) is 8.42 Å². The summed E-state index contributed by atoms with van der Waals surface area (Å²) in [5.41, 5.74) is 7.94. The molecule has 7 heteroatoms. The topological polar surface area (TPSA) is 81.2 Å². The van der Waals surface area contributed by atoms with Gasteiger partial charge >= 0.3 is 0 Å². The Balaban J connectivity index is 2.49. The Hall–Kier alpha value is -1.86. The van der Waals surface area contributed by atoms with Gasteiger partial charge in [-0.15, -0.1) is 0 Å². The average Bonchev–Trinajstić information content (AvgIpc) is 2.75. The molecule has 6 nitrogen and oxygen atoms in total. The molecule has 2 N–H and O–H groups in total. The van der Waals surface area contributed by atoms with Crippen molar-refractivity contribution in [3.8, 4) is 5.69 Å². The molecular formula is C12H16N4O2S. The minimum atomic E-state index is -3.47. The van der Waals surface area contributed by atoms with Crippen molar-refractivity contribution >= 4 is 15.7 Å². The van der Waals surface area contributed by atoms with Crippen LogP contribution in [0.1, 0.15) is 5.56 Å². The third-order valence-electron chi connectivity index (χ3n) is 2.74. The summed E-state index contributed by atoms with van der Waals surface area (Å²) < 4.78 is 26.7. The lowest BCUT2D eigenvalue weighted by Gasteiger charge is -2.13. The Morgan fingerprint density at radius 3 is 2.47 bits per heavy atom. The fraction of sp³-hybridized carbons (Fsp3) is 0.250. The Kier molecular flexibility index (Phi) is 3.34. The largest absolute Gasteiger partial charge is 0.397 e. The highest BCUT2D eigenvalue weighted by Gasteiger charge is 2.18. The van der Waals surface area contributed by atoms with Crippen LogP contribution in [-0.4, -0.2) is 36.6 Å². The molecule has 1 aromatic heterocycles. The highest BCUT2D eigenvalue weighted by atomic mass is 32.2. The summed E-state index contributed by atoms with van der Waals surface area (Å²) in [6.45, 7) is 1.92. The maximum Gasteiger partial charge on any atom is 0.242 e. The minimum absolute atomic E-state index is 0.169. The van der Waals surface area contributed by atoms with E-state index in [1.54, 1.807) is 16.9 Å². The monoisotopic (exact) mass is 280 g/mol. The van der Waals surface area contributed by atoms with Crippen LogP contribution in [0.2, 0.25) is 0 Å². The van der Waals surface area contributed by atoms with E-state index in [0.717, 1.165) is 9.87 Å². The van der Waals surface area contributed by atoms with Crippen LogP contribution in [0.3, 0.4) is 0 Å². The molecule has 0 unspecified atom stereocenters. The van der Waals surface area contributed by atoms with Crippen molar-refractivity contribution in [3.63, 3.8) is 0 Å². The summed E-state index contributed by atoms with van der Waals surface area (Å²) in [6.07, 6.45) is 3.54. The van der Waals surface area contributed by atoms with Crippen LogP contribution < -0.4 is 5.73 Å². The molecule has 0 bridgehead atoms. The number of hydrogen-bond acceptors (Lipinski definition) is 4. The summed E-state index contributed by atoms with van der Waals surface area (Å²) in [4.78, 5) is 0.169. The number of hydrogen-bond donors (Lipinski definition) is 1. The van der Waals surface area contributed by atoms with Crippen molar-refractivity contribution in [2.24, 2.45) is 0 Å². The number of nitrogens with zero attached hydrogens (tertiary/aromatic N) is 3. The molecule has 2 rings (SSSR count). The van der Waals surface area contributed by atoms with E-state index in [1.165, 1.54) is 26.2 Å². The van der Waals surface area contributed by atoms with Gasteiger partial charge in [0.1, 0.15) is 0 Å². The van der Waals surface area contributed by atoms with Crippen molar-refractivity contribution in [1.29, 1.82) is 0 Å². The number of nitrogens with two attached hydrogens (primary N) is 1. The zero-order chi connectivity index (χ0) is 14.2. The Morgan fingerprint density at radius 1 is 1.32 bits per heavy atom. The van der Waals surface area contributed by atoms with E-state index in [4.69, 9.17) is 5.73 Å². The van der Waals surface area contributed by atoms with Crippen LogP contribution >= 0.6 is 0 Å². The summed E-state index contributed by atoms with van der Waals surface area (Å²) >= 11 is 0. The van der Waals surface area contributed by atoms with Crippen LogP contribution in [0.5, 0.6) is 0 Å². The van der Waals surface area contributed by atoms with Gasteiger partial charge in [-0.2, -0.15) is 5.10 Å². The molecule has 2 aromatic rings. The fourth-order valence-corrected chi connectivity index (χ4v) is 2.59. The highest BCUT2D eigenvalue weighted by Crippen LogP contribution is 2.22. The third-order valence-corrected chi connectivity index (χ3v) is 4.55. The van der Waals surface area contributed by atoms with Gasteiger partial charge in [-0.3, -0.25) is 0 Å². The fourth-order valence-electron chi connectivity index (χ4n) is 1.66. The van der Waals surface area contributed by atoms with Crippen LogP contribution in [0.4, 0.5) is 5.69 Å². The number of rotatable bonds is 3. The molecule has 0 radical (unpaired) electrons. The van der Waals surface area contributed by atoms with Gasteiger partial charge in [0.25, 0.3) is 0 Å². The summed E-state index contributed by atoms with van der Waals surface area (Å²) in [5.74, 6) is 0. The highest BCUT2D eigenvalue weighted by molar-refractivity contribution is 7.89. The van der Waals surface area contributed by atoms with Crippen LogP contribution in [0, 0.1) is 6.92 Å². The summed E-state index contributed by atoms with van der Waals surface area (Å²) in [5, 5.41) is 4.15. The van der Waals surface area contributed by atoms with E-state index in [2.05, 4.69) is 5.10 Å². The lowest BCUT2D eigenvalue weighted by atomic mass is 10.3. The predicted octanol–water partition coefficient (Wildman–Crippen LogP) is 1.01. The first-order valence-corrected chi connectivity index (χ1v) is 7.10. The molecule has 0 saturated carbocycles. The Labute approximate surface area is 112 Å². The number of nitrogen functional groups attached to an aromatic ring is 1. The molecule has 1 aromatic carbocycles. The van der Waals surface area contributed by atoms with E-state index in [0.29, 0.717) is 11.4 Å². The lowest BCUT2D eigenvalue weighted by Crippen LogP contribution is -2.22. The quantitative estimate of drug-likeness (QED) is 0.851. The maximum atomic E-state index is 12.0. The normalized spacial score (nSPS) is 12.0. The van der Waals surface area contributed by atoms with Crippen LogP contribution in [-0.2, 0) is 10.0 Å². The van der Waals surface area contributed by atoms with Gasteiger partial charge < -0.3 is 5.73 Å². The molecular weight excluding hydrogens is 264 g/mol. The first kappa shape index (κ1) is 13.6. The van der Waals surface area contributed by atoms with Gasteiger partial charge in [-0.1, -0.05) is 0 Å². The molecule has 1 heterocycles. The van der Waals surface area contributed by atoms with E-state index >= 15 is 0 Å². The Bertz CT molecular complexity index is 704. The molecule has 102 valence electrons.